The average molecular weight is 342 g/mol. The Morgan fingerprint density at radius 2 is 2.04 bits per heavy atom. The molecule has 1 aliphatic rings. The van der Waals surface area contributed by atoms with E-state index in [0.717, 1.165) is 17.7 Å². The molecule has 6 nitrogen and oxygen atoms in total. The fraction of sp³-hybridized carbons (Fsp3) is 0.421. The van der Waals surface area contributed by atoms with E-state index in [4.69, 9.17) is 9.52 Å². The minimum Gasteiger partial charge on any atom is -0.481 e. The second kappa shape index (κ2) is 7.96. The van der Waals surface area contributed by atoms with Crippen LogP contribution in [0.25, 0.3) is 11.3 Å². The van der Waals surface area contributed by atoms with E-state index in [0.29, 0.717) is 38.0 Å². The van der Waals surface area contributed by atoms with Gasteiger partial charge >= 0.3 is 5.97 Å². The Morgan fingerprint density at radius 1 is 1.24 bits per heavy atom. The van der Waals surface area contributed by atoms with Gasteiger partial charge in [-0.25, -0.2) is 4.98 Å². The third kappa shape index (κ3) is 4.68. The Morgan fingerprint density at radius 3 is 2.76 bits per heavy atom. The molecule has 0 saturated heterocycles. The molecule has 1 heterocycles. The lowest BCUT2D eigenvalue weighted by Crippen LogP contribution is -2.33. The second-order valence-electron chi connectivity index (χ2n) is 6.45. The Balaban J connectivity index is 1.40. The number of aliphatic carboxylic acids is 1. The Hall–Kier alpha value is -2.63. The predicted octanol–water partition coefficient (Wildman–Crippen LogP) is 3.03. The molecular formula is C19H22N2O4. The number of nitrogens with one attached hydrogen (secondary N) is 1. The third-order valence-electron chi connectivity index (χ3n) is 4.55. The summed E-state index contributed by atoms with van der Waals surface area (Å²) in [4.78, 5) is 27.2. The van der Waals surface area contributed by atoms with Gasteiger partial charge in [-0.1, -0.05) is 30.3 Å². The maximum absolute atomic E-state index is 12.0. The van der Waals surface area contributed by atoms with Crippen LogP contribution >= 0.6 is 0 Å². The normalized spacial score (nSPS) is 19.7. The van der Waals surface area contributed by atoms with Crippen LogP contribution in [0.1, 0.15) is 38.0 Å². The first-order chi connectivity index (χ1) is 12.1. The van der Waals surface area contributed by atoms with Crippen LogP contribution in [-0.2, 0) is 16.0 Å². The zero-order valence-electron chi connectivity index (χ0n) is 14.0. The first-order valence-corrected chi connectivity index (χ1v) is 8.64. The molecule has 25 heavy (non-hydrogen) atoms. The lowest BCUT2D eigenvalue weighted by Gasteiger charge is -2.12. The summed E-state index contributed by atoms with van der Waals surface area (Å²) in [5, 5.41) is 11.9. The summed E-state index contributed by atoms with van der Waals surface area (Å²) in [6.45, 7) is 0. The number of carbonyl (C=O) groups is 2. The number of carbonyl (C=O) groups excluding carboxylic acids is 1. The molecule has 0 bridgehead atoms. The molecule has 2 aromatic rings. The molecule has 1 fully saturated rings. The lowest BCUT2D eigenvalue weighted by molar-refractivity contribution is -0.141. The molecule has 2 atom stereocenters. The number of aromatic nitrogens is 1. The molecule has 0 radical (unpaired) electrons. The monoisotopic (exact) mass is 342 g/mol. The van der Waals surface area contributed by atoms with Crippen molar-refractivity contribution < 1.29 is 19.1 Å². The van der Waals surface area contributed by atoms with E-state index in [2.05, 4.69) is 10.3 Å². The van der Waals surface area contributed by atoms with Crippen LogP contribution in [0.5, 0.6) is 0 Å². The Labute approximate surface area is 146 Å². The molecule has 1 saturated carbocycles. The average Bonchev–Trinajstić information content (AvgIpc) is 3.25. The van der Waals surface area contributed by atoms with E-state index in [-0.39, 0.29) is 17.9 Å². The van der Waals surface area contributed by atoms with E-state index >= 15 is 0 Å². The molecular weight excluding hydrogens is 320 g/mol. The van der Waals surface area contributed by atoms with Gasteiger partial charge in [-0.3, -0.25) is 9.59 Å². The molecule has 0 spiro atoms. The Bertz CT molecular complexity index is 726. The van der Waals surface area contributed by atoms with Crippen molar-refractivity contribution in [1.82, 2.24) is 10.3 Å². The molecule has 6 heteroatoms. The predicted molar refractivity (Wildman–Crippen MR) is 91.8 cm³/mol. The largest absolute Gasteiger partial charge is 0.481 e. The quantitative estimate of drug-likeness (QED) is 0.807. The number of rotatable bonds is 7. The van der Waals surface area contributed by atoms with Gasteiger partial charge < -0.3 is 14.8 Å². The molecule has 0 unspecified atom stereocenters. The summed E-state index contributed by atoms with van der Waals surface area (Å²) in [5.41, 5.74) is 0.980. The second-order valence-corrected chi connectivity index (χ2v) is 6.45. The van der Waals surface area contributed by atoms with Gasteiger partial charge in [0.25, 0.3) is 0 Å². The number of amides is 1. The summed E-state index contributed by atoms with van der Waals surface area (Å²) >= 11 is 0. The highest BCUT2D eigenvalue weighted by molar-refractivity contribution is 5.76. The van der Waals surface area contributed by atoms with Crippen LogP contribution in [0.3, 0.4) is 0 Å². The van der Waals surface area contributed by atoms with E-state index in [1.165, 1.54) is 0 Å². The van der Waals surface area contributed by atoms with Crippen molar-refractivity contribution in [2.75, 3.05) is 0 Å². The zero-order valence-corrected chi connectivity index (χ0v) is 14.0. The number of nitrogens with zero attached hydrogens (tertiary/aromatic N) is 1. The maximum Gasteiger partial charge on any atom is 0.306 e. The van der Waals surface area contributed by atoms with E-state index in [9.17, 15) is 9.59 Å². The van der Waals surface area contributed by atoms with Crippen LogP contribution in [-0.4, -0.2) is 28.0 Å². The maximum atomic E-state index is 12.0. The van der Waals surface area contributed by atoms with Gasteiger partial charge in [-0.15, -0.1) is 0 Å². The minimum absolute atomic E-state index is 0.0139. The van der Waals surface area contributed by atoms with Gasteiger partial charge in [-0.05, 0) is 25.7 Å². The number of benzene rings is 1. The topological polar surface area (TPSA) is 92.4 Å². The molecule has 1 aliphatic carbocycles. The summed E-state index contributed by atoms with van der Waals surface area (Å²) in [5.74, 6) is 0.221. The van der Waals surface area contributed by atoms with Crippen molar-refractivity contribution in [1.29, 1.82) is 0 Å². The van der Waals surface area contributed by atoms with Gasteiger partial charge in [0, 0.05) is 24.4 Å². The van der Waals surface area contributed by atoms with Crippen LogP contribution in [0.2, 0.25) is 0 Å². The van der Waals surface area contributed by atoms with Gasteiger partial charge in [0.2, 0.25) is 5.91 Å². The van der Waals surface area contributed by atoms with Crippen LogP contribution in [0, 0.1) is 5.92 Å². The summed E-state index contributed by atoms with van der Waals surface area (Å²) < 4.78 is 5.72. The van der Waals surface area contributed by atoms with Gasteiger partial charge in [0.1, 0.15) is 0 Å². The zero-order chi connectivity index (χ0) is 17.6. The van der Waals surface area contributed by atoms with Crippen molar-refractivity contribution in [2.24, 2.45) is 5.92 Å². The van der Waals surface area contributed by atoms with Gasteiger partial charge in [0.15, 0.2) is 11.7 Å². The first kappa shape index (κ1) is 17.2. The summed E-state index contributed by atoms with van der Waals surface area (Å²) in [6, 6.07) is 9.75. The highest BCUT2D eigenvalue weighted by atomic mass is 16.4. The van der Waals surface area contributed by atoms with E-state index < -0.39 is 5.97 Å². The van der Waals surface area contributed by atoms with Crippen LogP contribution in [0.15, 0.2) is 40.9 Å². The van der Waals surface area contributed by atoms with Crippen molar-refractivity contribution in [3.8, 4) is 11.3 Å². The smallest absolute Gasteiger partial charge is 0.306 e. The standard InChI is InChI=1S/C19H22N2O4/c22-17(21-15-10-9-14(11-15)19(23)24)7-4-8-18-20-12-16(25-18)13-5-2-1-3-6-13/h1-3,5-6,12,14-15H,4,7-11H2,(H,21,22)(H,23,24)/t14-,15+/m1/s1. The van der Waals surface area contributed by atoms with Gasteiger partial charge in [-0.2, -0.15) is 0 Å². The summed E-state index contributed by atoms with van der Waals surface area (Å²) in [7, 11) is 0. The van der Waals surface area contributed by atoms with Crippen molar-refractivity contribution in [2.45, 2.75) is 44.6 Å². The lowest BCUT2D eigenvalue weighted by atomic mass is 10.1. The number of oxazole rings is 1. The van der Waals surface area contributed by atoms with Crippen LogP contribution in [0.4, 0.5) is 0 Å². The molecule has 1 amide bonds. The number of carboxylic acid groups (broad SMARTS) is 1. The van der Waals surface area contributed by atoms with Crippen LogP contribution < -0.4 is 5.32 Å². The van der Waals surface area contributed by atoms with Crippen molar-refractivity contribution in [3.05, 3.63) is 42.4 Å². The molecule has 0 aliphatic heterocycles. The summed E-state index contributed by atoms with van der Waals surface area (Å²) in [6.07, 6.45) is 5.24. The highest BCUT2D eigenvalue weighted by Gasteiger charge is 2.30. The molecule has 1 aromatic carbocycles. The fourth-order valence-corrected chi connectivity index (χ4v) is 3.20. The Kier molecular flexibility index (Phi) is 5.48. The highest BCUT2D eigenvalue weighted by Crippen LogP contribution is 2.25. The minimum atomic E-state index is -0.769. The van der Waals surface area contributed by atoms with Crippen molar-refractivity contribution in [3.63, 3.8) is 0 Å². The van der Waals surface area contributed by atoms with Crippen molar-refractivity contribution >= 4 is 11.9 Å². The van der Waals surface area contributed by atoms with Gasteiger partial charge in [0.05, 0.1) is 12.1 Å². The molecule has 132 valence electrons. The SMILES string of the molecule is O=C(CCCc1ncc(-c2ccccc2)o1)N[C@H]1CC[C@@H](C(=O)O)C1. The number of carboxylic acids is 1. The number of hydrogen-bond donors (Lipinski definition) is 2. The third-order valence-corrected chi connectivity index (χ3v) is 4.55. The molecule has 2 N–H and O–H groups in total. The first-order valence-electron chi connectivity index (χ1n) is 8.64. The fourth-order valence-electron chi connectivity index (χ4n) is 3.20. The number of aryl methyl sites for hydroxylation is 1. The number of hydrogen-bond acceptors (Lipinski definition) is 4. The molecule has 3 rings (SSSR count). The molecule has 1 aromatic heterocycles. The van der Waals surface area contributed by atoms with E-state index in [1.54, 1.807) is 6.20 Å². The van der Waals surface area contributed by atoms with E-state index in [1.807, 2.05) is 30.3 Å².